The van der Waals surface area contributed by atoms with E-state index < -0.39 is 0 Å². The monoisotopic (exact) mass is 336 g/mol. The van der Waals surface area contributed by atoms with Crippen LogP contribution in [-0.2, 0) is 0 Å². The first-order valence-electron chi connectivity index (χ1n) is 8.98. The highest BCUT2D eigenvalue weighted by Gasteiger charge is 2.12. The largest absolute Gasteiger partial charge is 0.488 e. The molecule has 1 aromatic carbocycles. The van der Waals surface area contributed by atoms with Gasteiger partial charge in [0.15, 0.2) is 11.4 Å². The third-order valence-corrected chi connectivity index (χ3v) is 4.74. The summed E-state index contributed by atoms with van der Waals surface area (Å²) in [7, 11) is 0. The molecule has 0 saturated carbocycles. The van der Waals surface area contributed by atoms with Crippen LogP contribution in [0.25, 0.3) is 16.9 Å². The number of likely N-dealkylation sites (tertiary alicyclic amines) is 1. The lowest BCUT2D eigenvalue weighted by Crippen LogP contribution is -2.33. The first-order chi connectivity index (χ1) is 12.3. The van der Waals surface area contributed by atoms with Crippen LogP contribution in [0.2, 0.25) is 0 Å². The van der Waals surface area contributed by atoms with Gasteiger partial charge < -0.3 is 14.9 Å². The van der Waals surface area contributed by atoms with E-state index in [-0.39, 0.29) is 0 Å². The molecule has 2 aromatic heterocycles. The Hall–Kier alpha value is -2.53. The third kappa shape index (κ3) is 3.61. The van der Waals surface area contributed by atoms with Crippen molar-refractivity contribution in [3.05, 3.63) is 48.8 Å². The maximum Gasteiger partial charge on any atom is 0.180 e. The molecule has 1 saturated heterocycles. The second kappa shape index (κ2) is 7.15. The van der Waals surface area contributed by atoms with Crippen molar-refractivity contribution in [1.82, 2.24) is 14.3 Å². The van der Waals surface area contributed by atoms with Crippen molar-refractivity contribution in [3.8, 4) is 17.0 Å². The topological polar surface area (TPSA) is 55.8 Å². The third-order valence-electron chi connectivity index (χ3n) is 4.74. The van der Waals surface area contributed by atoms with Gasteiger partial charge in [-0.3, -0.25) is 4.90 Å². The van der Waals surface area contributed by atoms with Crippen LogP contribution in [0.3, 0.4) is 0 Å². The van der Waals surface area contributed by atoms with Crippen LogP contribution >= 0.6 is 0 Å². The first kappa shape index (κ1) is 16.0. The lowest BCUT2D eigenvalue weighted by molar-refractivity contribution is 0.184. The van der Waals surface area contributed by atoms with Crippen molar-refractivity contribution < 1.29 is 4.74 Å². The number of rotatable bonds is 5. The highest BCUT2D eigenvalue weighted by atomic mass is 16.5. The van der Waals surface area contributed by atoms with Gasteiger partial charge in [0.05, 0.1) is 5.69 Å². The van der Waals surface area contributed by atoms with Gasteiger partial charge in [-0.1, -0.05) is 18.6 Å². The summed E-state index contributed by atoms with van der Waals surface area (Å²) in [5.74, 6) is 0.828. The number of nitrogen functional groups attached to an aromatic ring is 1. The Morgan fingerprint density at radius 1 is 1.08 bits per heavy atom. The molecule has 0 aliphatic carbocycles. The van der Waals surface area contributed by atoms with Gasteiger partial charge in [-0.05, 0) is 50.2 Å². The molecular weight excluding hydrogens is 312 g/mol. The van der Waals surface area contributed by atoms with Crippen LogP contribution in [0.4, 0.5) is 5.69 Å². The van der Waals surface area contributed by atoms with E-state index in [1.165, 1.54) is 32.4 Å². The van der Waals surface area contributed by atoms with Crippen LogP contribution in [-0.4, -0.2) is 40.5 Å². The molecule has 3 heterocycles. The summed E-state index contributed by atoms with van der Waals surface area (Å²) in [5, 5.41) is 0. The minimum atomic E-state index is 0.695. The van der Waals surface area contributed by atoms with Crippen molar-refractivity contribution in [3.63, 3.8) is 0 Å². The number of nitrogens with zero attached hydrogens (tertiary/aromatic N) is 3. The summed E-state index contributed by atoms with van der Waals surface area (Å²) in [4.78, 5) is 7.24. The number of hydrogen-bond acceptors (Lipinski definition) is 4. The number of imidazole rings is 1. The van der Waals surface area contributed by atoms with E-state index in [0.29, 0.717) is 6.61 Å². The van der Waals surface area contributed by atoms with E-state index in [1.54, 1.807) is 0 Å². The van der Waals surface area contributed by atoms with Crippen molar-refractivity contribution in [2.24, 2.45) is 0 Å². The SMILES string of the molecule is Nc1cccc(-c2cn3cccc(OCCN4CCCCC4)c3n2)c1. The molecular formula is C20H24N4O. The maximum absolute atomic E-state index is 6.05. The Kier molecular flexibility index (Phi) is 4.57. The van der Waals surface area contributed by atoms with E-state index in [4.69, 9.17) is 15.5 Å². The molecule has 0 bridgehead atoms. The van der Waals surface area contributed by atoms with Crippen LogP contribution in [0.15, 0.2) is 48.8 Å². The molecule has 25 heavy (non-hydrogen) atoms. The molecule has 5 nitrogen and oxygen atoms in total. The quantitative estimate of drug-likeness (QED) is 0.725. The number of aromatic nitrogens is 2. The lowest BCUT2D eigenvalue weighted by Gasteiger charge is -2.26. The fourth-order valence-electron chi connectivity index (χ4n) is 3.40. The second-order valence-corrected chi connectivity index (χ2v) is 6.61. The Balaban J connectivity index is 1.51. The van der Waals surface area contributed by atoms with Crippen LogP contribution in [0.5, 0.6) is 5.75 Å². The van der Waals surface area contributed by atoms with Gasteiger partial charge in [-0.25, -0.2) is 4.98 Å². The van der Waals surface area contributed by atoms with Crippen molar-refractivity contribution >= 4 is 11.3 Å². The summed E-state index contributed by atoms with van der Waals surface area (Å²) < 4.78 is 8.05. The number of benzene rings is 1. The molecule has 0 amide bonds. The number of anilines is 1. The molecule has 3 aromatic rings. The van der Waals surface area contributed by atoms with E-state index in [0.717, 1.165) is 34.9 Å². The summed E-state index contributed by atoms with van der Waals surface area (Å²) in [6, 6.07) is 11.8. The highest BCUT2D eigenvalue weighted by molar-refractivity contribution is 5.68. The summed E-state index contributed by atoms with van der Waals surface area (Å²) >= 11 is 0. The number of nitrogens with two attached hydrogens (primary N) is 1. The minimum Gasteiger partial charge on any atom is -0.488 e. The molecule has 0 radical (unpaired) electrons. The fraction of sp³-hybridized carbons (Fsp3) is 0.350. The average Bonchev–Trinajstić information content (AvgIpc) is 3.08. The second-order valence-electron chi connectivity index (χ2n) is 6.61. The molecule has 1 aliphatic rings. The Morgan fingerprint density at radius 3 is 2.80 bits per heavy atom. The summed E-state index contributed by atoms with van der Waals surface area (Å²) in [6.45, 7) is 4.05. The fourth-order valence-corrected chi connectivity index (χ4v) is 3.40. The molecule has 0 unspecified atom stereocenters. The Labute approximate surface area is 148 Å². The van der Waals surface area contributed by atoms with Gasteiger partial charge in [-0.15, -0.1) is 0 Å². The molecule has 2 N–H and O–H groups in total. The van der Waals surface area contributed by atoms with Crippen molar-refractivity contribution in [2.45, 2.75) is 19.3 Å². The molecule has 1 fully saturated rings. The van der Waals surface area contributed by atoms with Gasteiger partial charge in [0.1, 0.15) is 6.61 Å². The van der Waals surface area contributed by atoms with Gasteiger partial charge >= 0.3 is 0 Å². The van der Waals surface area contributed by atoms with E-state index >= 15 is 0 Å². The first-order valence-corrected chi connectivity index (χ1v) is 8.98. The van der Waals surface area contributed by atoms with Crippen molar-refractivity contribution in [1.29, 1.82) is 0 Å². The number of piperidine rings is 1. The van der Waals surface area contributed by atoms with E-state index in [1.807, 2.05) is 53.2 Å². The number of pyridine rings is 1. The van der Waals surface area contributed by atoms with Crippen LogP contribution < -0.4 is 10.5 Å². The Morgan fingerprint density at radius 2 is 1.96 bits per heavy atom. The molecule has 0 atom stereocenters. The molecule has 1 aliphatic heterocycles. The molecule has 4 rings (SSSR count). The standard InChI is InChI=1S/C20H24N4O/c21-17-7-4-6-16(14-17)18-15-24-11-5-8-19(20(24)22-18)25-13-12-23-9-2-1-3-10-23/h4-8,11,14-15H,1-3,9-10,12-13,21H2. The minimum absolute atomic E-state index is 0.695. The molecule has 0 spiro atoms. The zero-order chi connectivity index (χ0) is 17.1. The number of hydrogen-bond donors (Lipinski definition) is 1. The normalized spacial score (nSPS) is 15.5. The van der Waals surface area contributed by atoms with Gasteiger partial charge in [-0.2, -0.15) is 0 Å². The highest BCUT2D eigenvalue weighted by Crippen LogP contribution is 2.25. The summed E-state index contributed by atoms with van der Waals surface area (Å²) in [6.07, 6.45) is 7.98. The maximum atomic E-state index is 6.05. The molecule has 5 heteroatoms. The van der Waals surface area contributed by atoms with Crippen LogP contribution in [0.1, 0.15) is 19.3 Å². The van der Waals surface area contributed by atoms with Crippen molar-refractivity contribution in [2.75, 3.05) is 32.0 Å². The predicted molar refractivity (Wildman–Crippen MR) is 101 cm³/mol. The zero-order valence-corrected chi connectivity index (χ0v) is 14.4. The average molecular weight is 336 g/mol. The van der Waals surface area contributed by atoms with Gasteiger partial charge in [0.25, 0.3) is 0 Å². The van der Waals surface area contributed by atoms with Gasteiger partial charge in [0.2, 0.25) is 0 Å². The van der Waals surface area contributed by atoms with E-state index in [9.17, 15) is 0 Å². The van der Waals surface area contributed by atoms with Gasteiger partial charge in [0, 0.05) is 30.2 Å². The lowest BCUT2D eigenvalue weighted by atomic mass is 10.1. The predicted octanol–water partition coefficient (Wildman–Crippen LogP) is 3.45. The number of fused-ring (bicyclic) bond motifs is 1. The smallest absolute Gasteiger partial charge is 0.180 e. The zero-order valence-electron chi connectivity index (χ0n) is 14.4. The number of ether oxygens (including phenoxy) is 1. The van der Waals surface area contributed by atoms with Crippen LogP contribution in [0, 0.1) is 0 Å². The Bertz CT molecular complexity index is 852. The molecule has 130 valence electrons. The summed E-state index contributed by atoms with van der Waals surface area (Å²) in [5.41, 5.74) is 9.40. The van der Waals surface area contributed by atoms with E-state index in [2.05, 4.69) is 4.90 Å².